The number of carbonyl (C=O) groups excluding carboxylic acids is 2. The van der Waals surface area contributed by atoms with Crippen molar-refractivity contribution in [2.75, 3.05) is 6.61 Å². The molecule has 0 spiro atoms. The van der Waals surface area contributed by atoms with Crippen molar-refractivity contribution in [1.29, 1.82) is 0 Å². The van der Waals surface area contributed by atoms with Crippen molar-refractivity contribution in [2.45, 2.75) is 33.6 Å². The van der Waals surface area contributed by atoms with Crippen LogP contribution in [0.25, 0.3) is 5.69 Å². The van der Waals surface area contributed by atoms with Gasteiger partial charge in [-0.15, -0.1) is 0 Å². The van der Waals surface area contributed by atoms with Crippen LogP contribution >= 0.6 is 0 Å². The van der Waals surface area contributed by atoms with Crippen LogP contribution in [-0.2, 0) is 0 Å². The van der Waals surface area contributed by atoms with Crippen LogP contribution in [0.1, 0.15) is 57.4 Å². The Kier molecular flexibility index (Phi) is 8.72. The van der Waals surface area contributed by atoms with Crippen molar-refractivity contribution in [2.24, 2.45) is 5.10 Å². The third-order valence-corrected chi connectivity index (χ3v) is 5.99. The molecule has 0 bridgehead atoms. The lowest BCUT2D eigenvalue weighted by atomic mass is 10.2. The minimum atomic E-state index is -0.452. The van der Waals surface area contributed by atoms with Gasteiger partial charge in [0.1, 0.15) is 11.5 Å². The van der Waals surface area contributed by atoms with E-state index in [1.165, 1.54) is 6.21 Å². The first-order valence-electron chi connectivity index (χ1n) is 12.6. The lowest BCUT2D eigenvalue weighted by Gasteiger charge is -2.10. The fourth-order valence-electron chi connectivity index (χ4n) is 3.88. The number of aryl methyl sites for hydroxylation is 2. The van der Waals surface area contributed by atoms with E-state index in [0.29, 0.717) is 23.5 Å². The fourth-order valence-corrected chi connectivity index (χ4v) is 3.88. The van der Waals surface area contributed by atoms with Crippen molar-refractivity contribution in [3.8, 4) is 17.2 Å². The number of hydrogen-bond donors (Lipinski definition) is 1. The molecule has 1 N–H and O–H groups in total. The van der Waals surface area contributed by atoms with Gasteiger partial charge in [0.15, 0.2) is 0 Å². The van der Waals surface area contributed by atoms with Crippen LogP contribution < -0.4 is 14.9 Å². The second-order valence-electron chi connectivity index (χ2n) is 8.88. The number of hydrogen-bond acceptors (Lipinski definition) is 5. The summed E-state index contributed by atoms with van der Waals surface area (Å²) < 4.78 is 13.2. The van der Waals surface area contributed by atoms with Crippen LogP contribution in [0, 0.1) is 13.8 Å². The molecule has 7 heteroatoms. The third kappa shape index (κ3) is 6.76. The van der Waals surface area contributed by atoms with Gasteiger partial charge in [-0.3, -0.25) is 4.79 Å². The molecule has 7 nitrogen and oxygen atoms in total. The van der Waals surface area contributed by atoms with Gasteiger partial charge in [0.2, 0.25) is 0 Å². The van der Waals surface area contributed by atoms with E-state index in [4.69, 9.17) is 9.47 Å². The summed E-state index contributed by atoms with van der Waals surface area (Å²) >= 11 is 0. The number of nitrogens with one attached hydrogen (secondary N) is 1. The quantitative estimate of drug-likeness (QED) is 0.0900. The highest BCUT2D eigenvalue weighted by atomic mass is 16.5. The summed E-state index contributed by atoms with van der Waals surface area (Å²) in [6.07, 6.45) is 3.58. The van der Waals surface area contributed by atoms with Gasteiger partial charge in [0.05, 0.1) is 18.4 Å². The van der Waals surface area contributed by atoms with E-state index in [9.17, 15) is 9.59 Å². The van der Waals surface area contributed by atoms with Gasteiger partial charge in [-0.1, -0.05) is 13.3 Å². The molecule has 1 heterocycles. The van der Waals surface area contributed by atoms with Crippen molar-refractivity contribution in [3.05, 3.63) is 113 Å². The summed E-state index contributed by atoms with van der Waals surface area (Å²) in [5.74, 6) is 0.380. The van der Waals surface area contributed by atoms with Crippen LogP contribution in [0.2, 0.25) is 0 Å². The van der Waals surface area contributed by atoms with E-state index in [-0.39, 0.29) is 5.91 Å². The topological polar surface area (TPSA) is 81.9 Å². The van der Waals surface area contributed by atoms with E-state index in [2.05, 4.69) is 34.2 Å². The Hall–Kier alpha value is -4.65. The zero-order valence-electron chi connectivity index (χ0n) is 21.8. The van der Waals surface area contributed by atoms with E-state index in [1.807, 2.05) is 26.0 Å². The number of ether oxygens (including phenoxy) is 2. The molecule has 0 saturated heterocycles. The van der Waals surface area contributed by atoms with Gasteiger partial charge in [-0.05, 0) is 111 Å². The Bertz CT molecular complexity index is 1380. The van der Waals surface area contributed by atoms with Crippen molar-refractivity contribution in [1.82, 2.24) is 9.99 Å². The van der Waals surface area contributed by atoms with Crippen LogP contribution in [0.5, 0.6) is 11.5 Å². The van der Waals surface area contributed by atoms with Crippen LogP contribution in [0.4, 0.5) is 0 Å². The summed E-state index contributed by atoms with van der Waals surface area (Å²) in [5.41, 5.74) is 7.49. The molecule has 4 rings (SSSR count). The van der Waals surface area contributed by atoms with Crippen molar-refractivity contribution >= 4 is 18.1 Å². The molecule has 194 valence electrons. The number of carbonyl (C=O) groups is 2. The molecule has 1 aromatic heterocycles. The summed E-state index contributed by atoms with van der Waals surface area (Å²) in [6, 6.07) is 25.2. The molecule has 38 heavy (non-hydrogen) atoms. The Morgan fingerprint density at radius 3 is 2.05 bits per heavy atom. The van der Waals surface area contributed by atoms with E-state index < -0.39 is 5.97 Å². The van der Waals surface area contributed by atoms with E-state index in [0.717, 1.165) is 41.2 Å². The van der Waals surface area contributed by atoms with Gasteiger partial charge in [0.25, 0.3) is 5.91 Å². The summed E-state index contributed by atoms with van der Waals surface area (Å²) in [6.45, 7) is 6.85. The number of aromatic nitrogens is 1. The first-order valence-corrected chi connectivity index (χ1v) is 12.6. The molecule has 0 aliphatic carbocycles. The molecular weight excluding hydrogens is 478 g/mol. The van der Waals surface area contributed by atoms with Crippen LogP contribution in [0.3, 0.4) is 0 Å². The Morgan fingerprint density at radius 1 is 0.816 bits per heavy atom. The number of benzene rings is 3. The predicted molar refractivity (Wildman–Crippen MR) is 149 cm³/mol. The van der Waals surface area contributed by atoms with E-state index >= 15 is 0 Å². The molecule has 0 aliphatic rings. The average Bonchev–Trinajstić information content (AvgIpc) is 3.27. The summed E-state index contributed by atoms with van der Waals surface area (Å²) in [4.78, 5) is 24.9. The molecule has 0 fully saturated rings. The summed E-state index contributed by atoms with van der Waals surface area (Å²) in [5, 5.41) is 4.04. The van der Waals surface area contributed by atoms with Gasteiger partial charge < -0.3 is 14.0 Å². The monoisotopic (exact) mass is 509 g/mol. The molecule has 1 amide bonds. The molecule has 0 atom stereocenters. The second-order valence-corrected chi connectivity index (χ2v) is 8.88. The highest BCUT2D eigenvalue weighted by molar-refractivity contribution is 5.95. The highest BCUT2D eigenvalue weighted by Gasteiger charge is 2.10. The zero-order valence-corrected chi connectivity index (χ0v) is 21.8. The summed E-state index contributed by atoms with van der Waals surface area (Å²) in [7, 11) is 0. The molecule has 4 aromatic rings. The normalized spacial score (nSPS) is 10.9. The predicted octanol–water partition coefficient (Wildman–Crippen LogP) is 6.26. The standard InChI is InChI=1S/C31H31N3O4/c1-4-5-20-37-28-18-12-26(13-19-28)31(36)38-29-16-8-24(9-17-29)21-32-33-30(35)25-10-14-27(15-11-25)34-22(2)6-7-23(34)3/h6-19,21H,4-5,20H2,1-3H3,(H,33,35)/b32-21-. The third-order valence-electron chi connectivity index (χ3n) is 5.99. The van der Waals surface area contributed by atoms with Crippen molar-refractivity contribution < 1.29 is 19.1 Å². The molecule has 0 aliphatic heterocycles. The minimum absolute atomic E-state index is 0.305. The highest BCUT2D eigenvalue weighted by Crippen LogP contribution is 2.18. The average molecular weight is 510 g/mol. The lowest BCUT2D eigenvalue weighted by molar-refractivity contribution is 0.0734. The van der Waals surface area contributed by atoms with Crippen LogP contribution in [0.15, 0.2) is 90.0 Å². The van der Waals surface area contributed by atoms with E-state index in [1.54, 1.807) is 60.7 Å². The van der Waals surface area contributed by atoms with Gasteiger partial charge >= 0.3 is 5.97 Å². The number of amides is 1. The molecule has 0 saturated carbocycles. The maximum absolute atomic E-state index is 12.5. The van der Waals surface area contributed by atoms with Crippen LogP contribution in [-0.4, -0.2) is 29.3 Å². The number of rotatable bonds is 10. The smallest absolute Gasteiger partial charge is 0.343 e. The first kappa shape index (κ1) is 26.4. The number of esters is 1. The second kappa shape index (κ2) is 12.5. The first-order chi connectivity index (χ1) is 18.4. The Balaban J connectivity index is 1.28. The number of unbranched alkanes of at least 4 members (excludes halogenated alkanes) is 1. The number of hydrazone groups is 1. The largest absolute Gasteiger partial charge is 0.494 e. The SMILES string of the molecule is CCCCOc1ccc(C(=O)Oc2ccc(/C=N\NC(=O)c3ccc(-n4c(C)ccc4C)cc3)cc2)cc1. The maximum Gasteiger partial charge on any atom is 0.343 e. The Labute approximate surface area is 222 Å². The fraction of sp³-hybridized carbons (Fsp3) is 0.194. The molecular formula is C31H31N3O4. The van der Waals surface area contributed by atoms with Gasteiger partial charge in [0, 0.05) is 22.6 Å². The Morgan fingerprint density at radius 2 is 1.42 bits per heavy atom. The van der Waals surface area contributed by atoms with Gasteiger partial charge in [-0.25, -0.2) is 10.2 Å². The maximum atomic E-state index is 12.5. The molecule has 0 unspecified atom stereocenters. The minimum Gasteiger partial charge on any atom is -0.494 e. The van der Waals surface area contributed by atoms with Gasteiger partial charge in [-0.2, -0.15) is 5.10 Å². The lowest BCUT2D eigenvalue weighted by Crippen LogP contribution is -2.17. The zero-order chi connectivity index (χ0) is 26.9. The molecule has 0 radical (unpaired) electrons. The van der Waals surface area contributed by atoms with Crippen molar-refractivity contribution in [3.63, 3.8) is 0 Å². The molecule has 3 aromatic carbocycles. The number of nitrogens with zero attached hydrogens (tertiary/aromatic N) is 2.